The molecule has 142 valence electrons. The Morgan fingerprint density at radius 1 is 1.14 bits per heavy atom. The van der Waals surface area contributed by atoms with Crippen molar-refractivity contribution in [3.05, 3.63) is 71.7 Å². The van der Waals surface area contributed by atoms with E-state index in [0.717, 1.165) is 17.7 Å². The van der Waals surface area contributed by atoms with E-state index >= 15 is 0 Å². The number of carbonyl (C=O) groups excluding carboxylic acids is 2. The van der Waals surface area contributed by atoms with Crippen LogP contribution in [-0.2, 0) is 0 Å². The first kappa shape index (κ1) is 17.9. The summed E-state index contributed by atoms with van der Waals surface area (Å²) in [6, 6.07) is 12.3. The summed E-state index contributed by atoms with van der Waals surface area (Å²) in [4.78, 5) is 31.7. The van der Waals surface area contributed by atoms with Crippen molar-refractivity contribution in [3.8, 4) is 5.69 Å². The second kappa shape index (κ2) is 7.26. The fourth-order valence-corrected chi connectivity index (χ4v) is 3.54. The molecule has 1 amide bonds. The maximum absolute atomic E-state index is 13.2. The lowest BCUT2D eigenvalue weighted by atomic mass is 10.0. The Bertz CT molecular complexity index is 1010. The highest BCUT2D eigenvalue weighted by molar-refractivity contribution is 6.06. The predicted octanol–water partition coefficient (Wildman–Crippen LogP) is 2.65. The van der Waals surface area contributed by atoms with Crippen molar-refractivity contribution in [2.24, 2.45) is 0 Å². The van der Waals surface area contributed by atoms with E-state index in [1.807, 2.05) is 31.2 Å². The monoisotopic (exact) mass is 375 g/mol. The second-order valence-electron chi connectivity index (χ2n) is 6.93. The summed E-state index contributed by atoms with van der Waals surface area (Å²) in [5.74, 6) is -0.135. The summed E-state index contributed by atoms with van der Waals surface area (Å²) in [5, 5.41) is 4.29. The highest BCUT2D eigenvalue weighted by Crippen LogP contribution is 2.26. The van der Waals surface area contributed by atoms with Gasteiger partial charge in [-0.2, -0.15) is 5.10 Å². The highest BCUT2D eigenvalue weighted by atomic mass is 16.2. The number of aryl methyl sites for hydroxylation is 1. The largest absolute Gasteiger partial charge is 0.383 e. The number of carbonyl (C=O) groups is 2. The molecular formula is C21H21N5O2. The Kier molecular flexibility index (Phi) is 4.65. The number of likely N-dealkylation sites (tertiary alicyclic amines) is 1. The van der Waals surface area contributed by atoms with Crippen LogP contribution in [0.15, 0.2) is 54.9 Å². The number of amides is 1. The SMILES string of the molecule is Cc1ccc(-n2ncc(C(=O)[C@@H]3CCCN3C(=O)c3ccccn3)c2N)cc1. The first-order valence-corrected chi connectivity index (χ1v) is 9.23. The summed E-state index contributed by atoms with van der Waals surface area (Å²) >= 11 is 0. The van der Waals surface area contributed by atoms with Gasteiger partial charge in [0.1, 0.15) is 11.5 Å². The van der Waals surface area contributed by atoms with Crippen LogP contribution < -0.4 is 5.73 Å². The first-order valence-electron chi connectivity index (χ1n) is 9.23. The van der Waals surface area contributed by atoms with Crippen molar-refractivity contribution < 1.29 is 9.59 Å². The molecule has 7 heteroatoms. The van der Waals surface area contributed by atoms with E-state index in [2.05, 4.69) is 10.1 Å². The van der Waals surface area contributed by atoms with Crippen LogP contribution in [0, 0.1) is 6.92 Å². The molecule has 4 rings (SSSR count). The van der Waals surface area contributed by atoms with Gasteiger partial charge in [-0.15, -0.1) is 0 Å². The fourth-order valence-electron chi connectivity index (χ4n) is 3.54. The Morgan fingerprint density at radius 2 is 1.93 bits per heavy atom. The van der Waals surface area contributed by atoms with Crippen molar-refractivity contribution in [1.29, 1.82) is 0 Å². The first-order chi connectivity index (χ1) is 13.6. The van der Waals surface area contributed by atoms with Gasteiger partial charge in [-0.3, -0.25) is 14.6 Å². The van der Waals surface area contributed by atoms with E-state index < -0.39 is 6.04 Å². The number of rotatable bonds is 4. The molecule has 1 aliphatic rings. The number of nitrogens with two attached hydrogens (primary N) is 1. The number of Topliss-reactive ketones (excluding diaryl/α,β-unsaturated/α-hetero) is 1. The van der Waals surface area contributed by atoms with Gasteiger partial charge in [-0.1, -0.05) is 23.8 Å². The molecule has 3 aromatic rings. The van der Waals surface area contributed by atoms with Gasteiger partial charge < -0.3 is 10.6 Å². The molecule has 2 N–H and O–H groups in total. The van der Waals surface area contributed by atoms with Crippen LogP contribution in [0.3, 0.4) is 0 Å². The quantitative estimate of drug-likeness (QED) is 0.708. The van der Waals surface area contributed by atoms with Crippen LogP contribution in [0.4, 0.5) is 5.82 Å². The number of ketones is 1. The number of nitrogens with zero attached hydrogens (tertiary/aromatic N) is 4. The van der Waals surface area contributed by atoms with Gasteiger partial charge >= 0.3 is 0 Å². The molecule has 1 aromatic carbocycles. The van der Waals surface area contributed by atoms with Crippen molar-refractivity contribution >= 4 is 17.5 Å². The van der Waals surface area contributed by atoms with Crippen LogP contribution >= 0.6 is 0 Å². The van der Waals surface area contributed by atoms with Crippen molar-refractivity contribution in [2.45, 2.75) is 25.8 Å². The van der Waals surface area contributed by atoms with Gasteiger partial charge in [-0.25, -0.2) is 4.68 Å². The Balaban J connectivity index is 1.60. The molecule has 1 aliphatic heterocycles. The van der Waals surface area contributed by atoms with Crippen molar-refractivity contribution in [2.75, 3.05) is 12.3 Å². The molecule has 0 bridgehead atoms. The number of hydrogen-bond acceptors (Lipinski definition) is 5. The van der Waals surface area contributed by atoms with Crippen LogP contribution in [-0.4, -0.2) is 43.9 Å². The smallest absolute Gasteiger partial charge is 0.273 e. The zero-order valence-corrected chi connectivity index (χ0v) is 15.6. The summed E-state index contributed by atoms with van der Waals surface area (Å²) in [7, 11) is 0. The van der Waals surface area contributed by atoms with Gasteiger partial charge in [0.15, 0.2) is 5.78 Å². The predicted molar refractivity (Wildman–Crippen MR) is 105 cm³/mol. The molecule has 0 saturated carbocycles. The van der Waals surface area contributed by atoms with Gasteiger partial charge in [-0.05, 0) is 44.0 Å². The highest BCUT2D eigenvalue weighted by Gasteiger charge is 2.36. The number of pyridine rings is 1. The molecule has 2 aromatic heterocycles. The Morgan fingerprint density at radius 3 is 2.64 bits per heavy atom. The molecule has 0 spiro atoms. The molecule has 28 heavy (non-hydrogen) atoms. The number of anilines is 1. The summed E-state index contributed by atoms with van der Waals surface area (Å²) < 4.78 is 1.55. The molecule has 1 saturated heterocycles. The lowest BCUT2D eigenvalue weighted by Gasteiger charge is -2.23. The third kappa shape index (κ3) is 3.15. The molecule has 1 fully saturated rings. The number of aromatic nitrogens is 3. The third-order valence-corrected chi connectivity index (χ3v) is 5.05. The minimum absolute atomic E-state index is 0.183. The minimum Gasteiger partial charge on any atom is -0.383 e. The average Bonchev–Trinajstić information content (AvgIpc) is 3.35. The van der Waals surface area contributed by atoms with E-state index in [1.165, 1.54) is 6.20 Å². The van der Waals surface area contributed by atoms with Gasteiger partial charge in [0.2, 0.25) is 0 Å². The lowest BCUT2D eigenvalue weighted by molar-refractivity contribution is 0.0667. The van der Waals surface area contributed by atoms with E-state index in [1.54, 1.807) is 34.0 Å². The minimum atomic E-state index is -0.549. The van der Waals surface area contributed by atoms with Crippen molar-refractivity contribution in [1.82, 2.24) is 19.7 Å². The zero-order valence-electron chi connectivity index (χ0n) is 15.6. The Hall–Kier alpha value is -3.48. The lowest BCUT2D eigenvalue weighted by Crippen LogP contribution is -2.41. The fraction of sp³-hybridized carbons (Fsp3) is 0.238. The average molecular weight is 375 g/mol. The maximum atomic E-state index is 13.2. The van der Waals surface area contributed by atoms with Crippen LogP contribution in [0.1, 0.15) is 39.3 Å². The molecule has 7 nitrogen and oxygen atoms in total. The van der Waals surface area contributed by atoms with Crippen LogP contribution in [0.2, 0.25) is 0 Å². The van der Waals surface area contributed by atoms with Gasteiger partial charge in [0.05, 0.1) is 23.5 Å². The van der Waals surface area contributed by atoms with Gasteiger partial charge in [0, 0.05) is 12.7 Å². The standard InChI is InChI=1S/C21H21N5O2/c1-14-7-9-15(10-8-14)26-20(22)16(13-24-26)19(27)18-6-4-12-25(18)21(28)17-5-2-3-11-23-17/h2-3,5,7-11,13,18H,4,6,12,22H2,1H3/t18-/m0/s1. The van der Waals surface area contributed by atoms with E-state index in [9.17, 15) is 9.59 Å². The molecule has 0 radical (unpaired) electrons. The summed E-state index contributed by atoms with van der Waals surface area (Å²) in [6.45, 7) is 2.52. The Labute approximate surface area is 162 Å². The number of benzene rings is 1. The normalized spacial score (nSPS) is 16.3. The summed E-state index contributed by atoms with van der Waals surface area (Å²) in [6.07, 6.45) is 4.43. The second-order valence-corrected chi connectivity index (χ2v) is 6.93. The number of nitrogen functional groups attached to an aromatic ring is 1. The van der Waals surface area contributed by atoms with Crippen LogP contribution in [0.5, 0.6) is 0 Å². The molecular weight excluding hydrogens is 354 g/mol. The van der Waals surface area contributed by atoms with E-state index in [4.69, 9.17) is 5.73 Å². The summed E-state index contributed by atoms with van der Waals surface area (Å²) in [5.41, 5.74) is 8.83. The maximum Gasteiger partial charge on any atom is 0.273 e. The van der Waals surface area contributed by atoms with Crippen molar-refractivity contribution in [3.63, 3.8) is 0 Å². The van der Waals surface area contributed by atoms with E-state index in [0.29, 0.717) is 24.2 Å². The van der Waals surface area contributed by atoms with Crippen LogP contribution in [0.25, 0.3) is 5.69 Å². The zero-order chi connectivity index (χ0) is 19.7. The number of hydrogen-bond donors (Lipinski definition) is 1. The van der Waals surface area contributed by atoms with Gasteiger partial charge in [0.25, 0.3) is 5.91 Å². The molecule has 3 heterocycles. The third-order valence-electron chi connectivity index (χ3n) is 5.05. The topological polar surface area (TPSA) is 94.1 Å². The van der Waals surface area contributed by atoms with E-state index in [-0.39, 0.29) is 17.5 Å². The molecule has 1 atom stereocenters. The molecule has 0 aliphatic carbocycles. The molecule has 0 unspecified atom stereocenters.